The number of hydrogen-bond acceptors (Lipinski definition) is 6. The number of hydrogen-bond donors (Lipinski definition) is 1. The molecule has 1 aromatic carbocycles. The number of thioether (sulfide) groups is 1. The molecule has 5 rings (SSSR count). The van der Waals surface area contributed by atoms with E-state index in [1.807, 2.05) is 38.1 Å². The summed E-state index contributed by atoms with van der Waals surface area (Å²) in [5.41, 5.74) is 3.48. The maximum atomic E-state index is 13.7. The number of ether oxygens (including phenoxy) is 1. The van der Waals surface area contributed by atoms with E-state index < -0.39 is 0 Å². The molecule has 1 aliphatic carbocycles. The van der Waals surface area contributed by atoms with E-state index in [1.54, 1.807) is 15.9 Å². The van der Waals surface area contributed by atoms with Gasteiger partial charge in [0.05, 0.1) is 23.3 Å². The molecule has 0 radical (unpaired) electrons. The van der Waals surface area contributed by atoms with Crippen LogP contribution in [0.4, 0.5) is 0 Å². The van der Waals surface area contributed by atoms with Crippen molar-refractivity contribution in [3.05, 3.63) is 56.2 Å². The second-order valence-corrected chi connectivity index (χ2v) is 11.7. The van der Waals surface area contributed by atoms with Crippen LogP contribution in [0.1, 0.15) is 54.2 Å². The van der Waals surface area contributed by atoms with Gasteiger partial charge in [-0.3, -0.25) is 14.2 Å². The lowest BCUT2D eigenvalue weighted by atomic mass is 9.97. The number of carbonyl (C=O) groups excluding carboxylic acids is 1. The molecule has 1 saturated heterocycles. The highest BCUT2D eigenvalue weighted by atomic mass is 32.2. The minimum atomic E-state index is -0.375. The van der Waals surface area contributed by atoms with E-state index in [4.69, 9.17) is 9.72 Å². The van der Waals surface area contributed by atoms with Gasteiger partial charge in [0.25, 0.3) is 5.56 Å². The van der Waals surface area contributed by atoms with Crippen LogP contribution in [0.5, 0.6) is 0 Å². The van der Waals surface area contributed by atoms with Gasteiger partial charge in [0.2, 0.25) is 5.91 Å². The van der Waals surface area contributed by atoms with Gasteiger partial charge in [-0.25, -0.2) is 4.98 Å². The molecule has 1 N–H and O–H groups in total. The Hall–Kier alpha value is -2.16. The summed E-state index contributed by atoms with van der Waals surface area (Å²) in [7, 11) is 0. The van der Waals surface area contributed by atoms with Gasteiger partial charge in [0.15, 0.2) is 5.16 Å². The fourth-order valence-electron chi connectivity index (χ4n) is 4.71. The Kier molecular flexibility index (Phi) is 7.09. The van der Waals surface area contributed by atoms with Gasteiger partial charge in [0.1, 0.15) is 4.83 Å². The molecule has 0 saturated carbocycles. The smallest absolute Gasteiger partial charge is 0.263 e. The average molecular weight is 498 g/mol. The van der Waals surface area contributed by atoms with E-state index in [2.05, 4.69) is 5.32 Å². The normalized spacial score (nSPS) is 18.7. The van der Waals surface area contributed by atoms with Crippen molar-refractivity contribution in [2.75, 3.05) is 6.61 Å². The van der Waals surface area contributed by atoms with Crippen molar-refractivity contribution in [3.8, 4) is 0 Å². The Labute approximate surface area is 208 Å². The molecule has 2 aromatic heterocycles. The van der Waals surface area contributed by atoms with E-state index in [9.17, 15) is 9.59 Å². The molecule has 1 fully saturated rings. The van der Waals surface area contributed by atoms with Crippen molar-refractivity contribution in [1.29, 1.82) is 0 Å². The van der Waals surface area contributed by atoms with Crippen molar-refractivity contribution >= 4 is 39.2 Å². The zero-order chi connectivity index (χ0) is 23.7. The van der Waals surface area contributed by atoms with Gasteiger partial charge >= 0.3 is 0 Å². The number of thiophene rings is 1. The fraction of sp³-hybridized carbons (Fsp3) is 0.500. The summed E-state index contributed by atoms with van der Waals surface area (Å²) >= 11 is 3.02. The second-order valence-electron chi connectivity index (χ2n) is 9.30. The molecular formula is C26H31N3O3S2. The van der Waals surface area contributed by atoms with Gasteiger partial charge in [-0.2, -0.15) is 0 Å². The second kappa shape index (κ2) is 10.2. The fourth-order valence-corrected chi connectivity index (χ4v) is 6.96. The predicted molar refractivity (Wildman–Crippen MR) is 138 cm³/mol. The summed E-state index contributed by atoms with van der Waals surface area (Å²) in [6.45, 7) is 5.64. The molecule has 0 bridgehead atoms. The third-order valence-electron chi connectivity index (χ3n) is 6.69. The summed E-state index contributed by atoms with van der Waals surface area (Å²) in [4.78, 5) is 33.7. The van der Waals surface area contributed by atoms with Crippen molar-refractivity contribution in [1.82, 2.24) is 14.9 Å². The lowest BCUT2D eigenvalue weighted by Gasteiger charge is -2.18. The van der Waals surface area contributed by atoms with Gasteiger partial charge in [-0.1, -0.05) is 41.6 Å². The highest BCUT2D eigenvalue weighted by Crippen LogP contribution is 2.35. The lowest BCUT2D eigenvalue weighted by molar-refractivity contribution is -0.120. The minimum absolute atomic E-state index is 0.0228. The molecule has 2 aliphatic rings. The number of amides is 1. The molecule has 180 valence electrons. The van der Waals surface area contributed by atoms with Crippen molar-refractivity contribution in [2.24, 2.45) is 0 Å². The number of aromatic nitrogens is 2. The largest absolute Gasteiger partial charge is 0.376 e. The summed E-state index contributed by atoms with van der Waals surface area (Å²) in [5.74, 6) is -0.0611. The molecule has 6 nitrogen and oxygen atoms in total. The zero-order valence-corrected chi connectivity index (χ0v) is 21.4. The molecule has 2 atom stereocenters. The van der Waals surface area contributed by atoms with Crippen molar-refractivity contribution in [3.63, 3.8) is 0 Å². The monoisotopic (exact) mass is 497 g/mol. The SMILES string of the molecule is Cc1ccc(CNC(=O)C(C)Sc2nc3sc4c(c3c(=O)n2CC2CCCO2)CCCC4)cc1. The Morgan fingerprint density at radius 2 is 2.06 bits per heavy atom. The Morgan fingerprint density at radius 1 is 1.26 bits per heavy atom. The Balaban J connectivity index is 1.40. The standard InChI is InChI=1S/C26H31N3O3S2/c1-16-9-11-18(12-10-16)14-27-23(30)17(2)33-26-28-24-22(20-7-3-4-8-21(20)34-24)25(31)29(26)15-19-6-5-13-32-19/h9-12,17,19H,3-8,13-15H2,1-2H3,(H,27,30). The Bertz CT molecular complexity index is 1240. The van der Waals surface area contributed by atoms with E-state index in [0.717, 1.165) is 54.5 Å². The molecule has 1 aliphatic heterocycles. The third kappa shape index (κ3) is 4.95. The number of aryl methyl sites for hydroxylation is 3. The summed E-state index contributed by atoms with van der Waals surface area (Å²) < 4.78 is 7.62. The molecule has 0 spiro atoms. The summed E-state index contributed by atoms with van der Waals surface area (Å²) in [5, 5.41) is 4.06. The minimum Gasteiger partial charge on any atom is -0.376 e. The maximum absolute atomic E-state index is 13.7. The van der Waals surface area contributed by atoms with Gasteiger partial charge in [-0.15, -0.1) is 11.3 Å². The highest BCUT2D eigenvalue weighted by Gasteiger charge is 2.26. The van der Waals surface area contributed by atoms with Crippen LogP contribution in [0, 0.1) is 6.92 Å². The van der Waals surface area contributed by atoms with Crippen LogP contribution in [-0.4, -0.2) is 33.4 Å². The maximum Gasteiger partial charge on any atom is 0.263 e. The third-order valence-corrected chi connectivity index (χ3v) is 8.96. The first-order valence-electron chi connectivity index (χ1n) is 12.2. The van der Waals surface area contributed by atoms with Gasteiger partial charge in [0, 0.05) is 18.0 Å². The average Bonchev–Trinajstić information content (AvgIpc) is 3.48. The topological polar surface area (TPSA) is 73.2 Å². The van der Waals surface area contributed by atoms with E-state index in [-0.39, 0.29) is 22.8 Å². The molecule has 8 heteroatoms. The number of nitrogens with one attached hydrogen (secondary N) is 1. The summed E-state index contributed by atoms with van der Waals surface area (Å²) in [6.07, 6.45) is 6.27. The van der Waals surface area contributed by atoms with Crippen LogP contribution in [0.2, 0.25) is 0 Å². The van der Waals surface area contributed by atoms with Crippen LogP contribution in [-0.2, 0) is 35.5 Å². The molecule has 34 heavy (non-hydrogen) atoms. The lowest BCUT2D eigenvalue weighted by Crippen LogP contribution is -2.33. The molecule has 3 aromatic rings. The number of fused-ring (bicyclic) bond motifs is 3. The number of nitrogens with zero attached hydrogens (tertiary/aromatic N) is 2. The molecule has 1 amide bonds. The molecule has 2 unspecified atom stereocenters. The number of rotatable bonds is 7. The first kappa shape index (κ1) is 23.6. The summed E-state index contributed by atoms with van der Waals surface area (Å²) in [6, 6.07) is 8.15. The predicted octanol–water partition coefficient (Wildman–Crippen LogP) is 4.62. The van der Waals surface area contributed by atoms with Crippen LogP contribution in [0.3, 0.4) is 0 Å². The molecular weight excluding hydrogens is 466 g/mol. The van der Waals surface area contributed by atoms with Crippen LogP contribution >= 0.6 is 23.1 Å². The van der Waals surface area contributed by atoms with Crippen molar-refractivity contribution < 1.29 is 9.53 Å². The van der Waals surface area contributed by atoms with E-state index in [1.165, 1.54) is 34.2 Å². The first-order chi connectivity index (χ1) is 16.5. The van der Waals surface area contributed by atoms with Gasteiger partial charge in [-0.05, 0) is 63.5 Å². The highest BCUT2D eigenvalue weighted by molar-refractivity contribution is 8.00. The number of benzene rings is 1. The number of carbonyl (C=O) groups is 1. The van der Waals surface area contributed by atoms with E-state index >= 15 is 0 Å². The van der Waals surface area contributed by atoms with Crippen LogP contribution in [0.15, 0.2) is 34.2 Å². The first-order valence-corrected chi connectivity index (χ1v) is 13.9. The quantitative estimate of drug-likeness (QED) is 0.381. The van der Waals surface area contributed by atoms with Crippen molar-refractivity contribution in [2.45, 2.75) is 82.0 Å². The molecule has 3 heterocycles. The van der Waals surface area contributed by atoms with Crippen LogP contribution < -0.4 is 10.9 Å². The van der Waals surface area contributed by atoms with E-state index in [0.29, 0.717) is 18.2 Å². The zero-order valence-electron chi connectivity index (χ0n) is 19.8. The van der Waals surface area contributed by atoms with Crippen LogP contribution in [0.25, 0.3) is 10.2 Å². The Morgan fingerprint density at radius 3 is 2.82 bits per heavy atom. The van der Waals surface area contributed by atoms with Gasteiger partial charge < -0.3 is 10.1 Å².